The molecule has 1 heterocycles. The second kappa shape index (κ2) is 12.2. The molecule has 0 spiro atoms. The largest absolute Gasteiger partial charge is 0.386 e. The molecule has 1 atom stereocenters. The van der Waals surface area contributed by atoms with Gasteiger partial charge in [0.2, 0.25) is 0 Å². The van der Waals surface area contributed by atoms with Crippen LogP contribution in [-0.4, -0.2) is 31.3 Å². The molecule has 0 saturated carbocycles. The van der Waals surface area contributed by atoms with Crippen molar-refractivity contribution in [3.8, 4) is 0 Å². The molecule has 0 radical (unpaired) electrons. The zero-order valence-electron chi connectivity index (χ0n) is 17.0. The molecule has 162 valence electrons. The van der Waals surface area contributed by atoms with E-state index in [2.05, 4.69) is 21.7 Å². The summed E-state index contributed by atoms with van der Waals surface area (Å²) < 4.78 is 19.9. The molecule has 3 aromatic rings. The second-order valence-electron chi connectivity index (χ2n) is 6.64. The third-order valence-corrected chi connectivity index (χ3v) is 5.63. The van der Waals surface area contributed by atoms with E-state index >= 15 is 0 Å². The van der Waals surface area contributed by atoms with Gasteiger partial charge in [-0.1, -0.05) is 24.3 Å². The van der Waals surface area contributed by atoms with E-state index in [1.165, 1.54) is 6.07 Å². The Morgan fingerprint density at radius 2 is 2.00 bits per heavy atom. The maximum Gasteiger partial charge on any atom is 0.191 e. The molecule has 1 aromatic heterocycles. The number of methoxy groups -OCH3 is 1. The van der Waals surface area contributed by atoms with E-state index < -0.39 is 6.10 Å². The fourth-order valence-corrected chi connectivity index (χ4v) is 4.02. The zero-order valence-corrected chi connectivity index (χ0v) is 20.2. The van der Waals surface area contributed by atoms with Crippen molar-refractivity contribution >= 4 is 51.4 Å². The first-order chi connectivity index (χ1) is 14.1. The molecule has 3 N–H and O–H groups in total. The standard InChI is InChI=1S/C22H26FN3O2S.HI/c1-3-24-22(25-12-15-8-9-18(23)17(10-15)14-28-2)26-13-19(27)21-11-16-6-4-5-7-20(16)29-21;/h4-11,19,27H,3,12-14H2,1-2H3,(H2,24,25,26);1H. The van der Waals surface area contributed by atoms with Gasteiger partial charge >= 0.3 is 0 Å². The number of ether oxygens (including phenoxy) is 1. The van der Waals surface area contributed by atoms with Crippen LogP contribution < -0.4 is 10.6 Å². The van der Waals surface area contributed by atoms with Crippen molar-refractivity contribution in [3.05, 3.63) is 70.4 Å². The van der Waals surface area contributed by atoms with Gasteiger partial charge in [0.25, 0.3) is 0 Å². The van der Waals surface area contributed by atoms with Crippen molar-refractivity contribution in [1.29, 1.82) is 0 Å². The highest BCUT2D eigenvalue weighted by atomic mass is 127. The van der Waals surface area contributed by atoms with Crippen molar-refractivity contribution < 1.29 is 14.2 Å². The summed E-state index contributed by atoms with van der Waals surface area (Å²) in [5, 5.41) is 18.0. The van der Waals surface area contributed by atoms with Crippen molar-refractivity contribution in [2.45, 2.75) is 26.2 Å². The van der Waals surface area contributed by atoms with Gasteiger partial charge in [-0.25, -0.2) is 9.38 Å². The number of fused-ring (bicyclic) bond motifs is 1. The lowest BCUT2D eigenvalue weighted by Gasteiger charge is -2.14. The van der Waals surface area contributed by atoms with Crippen LogP contribution in [0.3, 0.4) is 0 Å². The summed E-state index contributed by atoms with van der Waals surface area (Å²) in [6, 6.07) is 15.0. The smallest absolute Gasteiger partial charge is 0.191 e. The van der Waals surface area contributed by atoms with Crippen LogP contribution in [0.2, 0.25) is 0 Å². The molecule has 0 aliphatic rings. The van der Waals surface area contributed by atoms with Crippen LogP contribution in [0.1, 0.15) is 29.0 Å². The number of rotatable bonds is 8. The van der Waals surface area contributed by atoms with Crippen LogP contribution in [0, 0.1) is 5.82 Å². The minimum atomic E-state index is -0.629. The van der Waals surface area contributed by atoms with Crippen LogP contribution in [0.5, 0.6) is 0 Å². The summed E-state index contributed by atoms with van der Waals surface area (Å²) in [6.07, 6.45) is -0.629. The molecular formula is C22H27FIN3O2S. The van der Waals surface area contributed by atoms with Gasteiger partial charge in [0.1, 0.15) is 11.9 Å². The lowest BCUT2D eigenvalue weighted by molar-refractivity contribution is 0.181. The number of benzene rings is 2. The highest BCUT2D eigenvalue weighted by Gasteiger charge is 2.12. The number of nitrogens with one attached hydrogen (secondary N) is 2. The van der Waals surface area contributed by atoms with E-state index in [9.17, 15) is 9.50 Å². The topological polar surface area (TPSA) is 65.9 Å². The van der Waals surface area contributed by atoms with Gasteiger partial charge in [-0.05, 0) is 42.1 Å². The third kappa shape index (κ3) is 6.63. The molecule has 2 aromatic carbocycles. The number of aliphatic hydroxyl groups is 1. The fourth-order valence-electron chi connectivity index (χ4n) is 2.97. The number of hydrogen-bond donors (Lipinski definition) is 3. The van der Waals surface area contributed by atoms with Gasteiger partial charge in [0.15, 0.2) is 5.96 Å². The Bertz CT molecular complexity index is 947. The number of aliphatic imine (C=N–C) groups is 1. The van der Waals surface area contributed by atoms with E-state index in [4.69, 9.17) is 4.74 Å². The summed E-state index contributed by atoms with van der Waals surface area (Å²) in [6.45, 7) is 3.64. The van der Waals surface area contributed by atoms with Gasteiger partial charge in [0.05, 0.1) is 13.2 Å². The summed E-state index contributed by atoms with van der Waals surface area (Å²) in [5.74, 6) is 0.321. The van der Waals surface area contributed by atoms with Gasteiger partial charge in [-0.15, -0.1) is 35.3 Å². The van der Waals surface area contributed by atoms with Gasteiger partial charge in [-0.3, -0.25) is 0 Å². The number of halogens is 2. The summed E-state index contributed by atoms with van der Waals surface area (Å²) in [7, 11) is 1.54. The minimum Gasteiger partial charge on any atom is -0.386 e. The van der Waals surface area contributed by atoms with Crippen molar-refractivity contribution in [2.75, 3.05) is 20.2 Å². The van der Waals surface area contributed by atoms with Crippen molar-refractivity contribution in [2.24, 2.45) is 4.99 Å². The molecular weight excluding hydrogens is 516 g/mol. The fraction of sp³-hybridized carbons (Fsp3) is 0.318. The predicted molar refractivity (Wildman–Crippen MR) is 132 cm³/mol. The van der Waals surface area contributed by atoms with Crippen LogP contribution in [-0.2, 0) is 17.9 Å². The second-order valence-corrected chi connectivity index (χ2v) is 7.75. The van der Waals surface area contributed by atoms with E-state index in [1.807, 2.05) is 31.2 Å². The summed E-state index contributed by atoms with van der Waals surface area (Å²) in [5.41, 5.74) is 1.40. The Balaban J connectivity index is 0.00000320. The Morgan fingerprint density at radius 1 is 1.20 bits per heavy atom. The number of aliphatic hydroxyl groups excluding tert-OH is 1. The third-order valence-electron chi connectivity index (χ3n) is 4.41. The minimum absolute atomic E-state index is 0. The normalized spacial score (nSPS) is 12.5. The molecule has 0 fully saturated rings. The first-order valence-corrected chi connectivity index (χ1v) is 10.4. The molecule has 0 saturated heterocycles. The SMILES string of the molecule is CCNC(=NCc1ccc(F)c(COC)c1)NCC(O)c1cc2ccccc2s1.I. The quantitative estimate of drug-likeness (QED) is 0.221. The molecule has 0 aliphatic heterocycles. The maximum absolute atomic E-state index is 13.8. The lowest BCUT2D eigenvalue weighted by atomic mass is 10.1. The summed E-state index contributed by atoms with van der Waals surface area (Å²) in [4.78, 5) is 5.46. The van der Waals surface area contributed by atoms with Gasteiger partial charge in [0, 0.05) is 35.3 Å². The number of guanidine groups is 1. The van der Waals surface area contributed by atoms with Gasteiger partial charge in [-0.2, -0.15) is 0 Å². The van der Waals surface area contributed by atoms with Crippen LogP contribution in [0.25, 0.3) is 10.1 Å². The van der Waals surface area contributed by atoms with Crippen molar-refractivity contribution in [3.63, 3.8) is 0 Å². The Morgan fingerprint density at radius 3 is 2.73 bits per heavy atom. The Hall–Kier alpha value is -1.75. The average molecular weight is 543 g/mol. The van der Waals surface area contributed by atoms with Gasteiger partial charge < -0.3 is 20.5 Å². The van der Waals surface area contributed by atoms with Crippen molar-refractivity contribution in [1.82, 2.24) is 10.6 Å². The maximum atomic E-state index is 13.8. The first kappa shape index (κ1) is 24.5. The lowest BCUT2D eigenvalue weighted by Crippen LogP contribution is -2.39. The molecule has 1 unspecified atom stereocenters. The number of thiophene rings is 1. The van der Waals surface area contributed by atoms with Crippen LogP contribution in [0.4, 0.5) is 4.39 Å². The molecule has 0 amide bonds. The molecule has 0 bridgehead atoms. The van der Waals surface area contributed by atoms with E-state index in [1.54, 1.807) is 30.6 Å². The average Bonchev–Trinajstić information content (AvgIpc) is 3.16. The van der Waals surface area contributed by atoms with E-state index in [0.29, 0.717) is 31.2 Å². The molecule has 0 aliphatic carbocycles. The van der Waals surface area contributed by atoms with Crippen LogP contribution >= 0.6 is 35.3 Å². The Labute approximate surface area is 197 Å². The highest BCUT2D eigenvalue weighted by molar-refractivity contribution is 14.0. The molecule has 5 nitrogen and oxygen atoms in total. The number of nitrogens with zero attached hydrogens (tertiary/aromatic N) is 1. The summed E-state index contributed by atoms with van der Waals surface area (Å²) >= 11 is 1.59. The Kier molecular flexibility index (Phi) is 9.96. The van der Waals surface area contributed by atoms with E-state index in [0.717, 1.165) is 20.5 Å². The van der Waals surface area contributed by atoms with Crippen LogP contribution in [0.15, 0.2) is 53.5 Å². The van der Waals surface area contributed by atoms with E-state index in [-0.39, 0.29) is 36.4 Å². The first-order valence-electron chi connectivity index (χ1n) is 9.55. The molecule has 3 rings (SSSR count). The highest BCUT2D eigenvalue weighted by Crippen LogP contribution is 2.29. The molecule has 8 heteroatoms. The molecule has 30 heavy (non-hydrogen) atoms. The monoisotopic (exact) mass is 543 g/mol. The predicted octanol–water partition coefficient (Wildman–Crippen LogP) is 4.59. The zero-order chi connectivity index (χ0) is 20.6. The number of hydrogen-bond acceptors (Lipinski definition) is 4.